The van der Waals surface area contributed by atoms with Gasteiger partial charge in [-0.15, -0.1) is 0 Å². The van der Waals surface area contributed by atoms with Crippen molar-refractivity contribution in [2.75, 3.05) is 42.7 Å². The Kier molecular flexibility index (Phi) is 60.5. The summed E-state index contributed by atoms with van der Waals surface area (Å²) < 4.78 is 142. The lowest BCUT2D eigenvalue weighted by Gasteiger charge is -2.08. The quantitative estimate of drug-likeness (QED) is 0.0308. The summed E-state index contributed by atoms with van der Waals surface area (Å²) in [7, 11) is -13.6. The van der Waals surface area contributed by atoms with Crippen LogP contribution >= 0.6 is 50.0 Å². The van der Waals surface area contributed by atoms with Crippen molar-refractivity contribution < 1.29 is 110 Å². The van der Waals surface area contributed by atoms with Gasteiger partial charge in [0.2, 0.25) is 0 Å². The van der Waals surface area contributed by atoms with Crippen molar-refractivity contribution >= 4 is 115 Å². The van der Waals surface area contributed by atoms with Crippen LogP contribution in [0.4, 0.5) is 25.2 Å². The molecular weight excluding hydrogens is 2150 g/mol. The van der Waals surface area contributed by atoms with Gasteiger partial charge in [-0.25, -0.2) is 25.2 Å². The second kappa shape index (κ2) is 72.9. The van der Waals surface area contributed by atoms with E-state index in [0.717, 1.165) is 34.5 Å². The van der Waals surface area contributed by atoms with Crippen molar-refractivity contribution in [2.24, 2.45) is 0 Å². The van der Waals surface area contributed by atoms with E-state index in [0.29, 0.717) is 0 Å². The fourth-order valence-corrected chi connectivity index (χ4v) is 25.9. The van der Waals surface area contributed by atoms with Crippen LogP contribution in [0.15, 0.2) is 598 Å². The summed E-state index contributed by atoms with van der Waals surface area (Å²) in [5.74, 6) is 5.35. The number of hydrogen-bond donors (Lipinski definition) is 0. The number of benzene rings is 18. The number of rotatable bonds is 24. The lowest BCUT2D eigenvalue weighted by molar-refractivity contribution is -0.175. The van der Waals surface area contributed by atoms with Crippen molar-refractivity contribution in [1.82, 2.24) is 0 Å². The van der Waals surface area contributed by atoms with E-state index >= 15 is 0 Å². The molecule has 0 saturated carbocycles. The fraction of sp³-hybridized carbons (Fsp3) is 0.0526. The molecule has 18 nitrogen and oxygen atoms in total. The highest BCUT2D eigenvalue weighted by molar-refractivity contribution is 7.98. The molecule has 0 radical (unpaired) electrons. The molecule has 0 aromatic heterocycles. The molecular formula is C114H108F6O18P6S6. The molecule has 780 valence electrons. The van der Waals surface area contributed by atoms with E-state index in [1.807, 2.05) is 72.8 Å². The zero-order valence-corrected chi connectivity index (χ0v) is 92.5. The summed E-state index contributed by atoms with van der Waals surface area (Å²) in [6, 6.07) is 178. The Morgan fingerprint density at radius 3 is 0.253 bits per heavy atom. The highest BCUT2D eigenvalue weighted by Crippen LogP contribution is 2.39. The topological polar surface area (TPSA) is 296 Å². The number of hydrogen-bond acceptors (Lipinski definition) is 18. The number of methoxy groups -OCH3 is 6. The van der Waals surface area contributed by atoms with Crippen molar-refractivity contribution in [3.63, 3.8) is 0 Å². The average Bonchev–Trinajstić information content (AvgIpc) is 0.838. The largest absolute Gasteiger partial charge is 0.777 e. The van der Waals surface area contributed by atoms with Crippen molar-refractivity contribution in [2.45, 2.75) is 88.1 Å². The molecule has 18 rings (SSSR count). The normalized spacial score (nSPS) is 11.4. The first-order valence-corrected chi connectivity index (χ1v) is 59.3. The highest BCUT2D eigenvalue weighted by atomic mass is 32.2. The minimum atomic E-state index is -3.88. The smallest absolute Gasteiger partial charge is 0.169 e. The summed E-state index contributed by atoms with van der Waals surface area (Å²) in [6.45, 7) is 0. The van der Waals surface area contributed by atoms with Crippen LogP contribution in [-0.4, -0.2) is 42.7 Å². The highest BCUT2D eigenvalue weighted by Gasteiger charge is 2.34. The lowest BCUT2D eigenvalue weighted by atomic mass is 10.3. The summed E-state index contributed by atoms with van der Waals surface area (Å²) in [4.78, 5) is 74.2. The van der Waals surface area contributed by atoms with Crippen molar-refractivity contribution in [1.29, 1.82) is 0 Å². The maximum absolute atomic E-state index is 9.99. The third kappa shape index (κ3) is 47.4. The molecule has 18 aromatic rings. The predicted molar refractivity (Wildman–Crippen MR) is 589 cm³/mol. The third-order valence-electron chi connectivity index (χ3n) is 19.5. The Balaban J connectivity index is 0.000000233. The SMILES string of the molecule is COc1ccc([S+](c2ccccc2)c2ccccc2)cc1.COc1ccc([S+](c2ccccc2)c2ccccc2)cc1.COc1ccc([S+](c2ccccc2)c2ccccc2)cc1.COc1ccc([S+](c2ccccc2)c2ccccc2)cc1.COc1ccc([S+](c2ccccc2)c2ccccc2)cc1.COc1ccc([S+](c2ccccc2)c2ccccc2)cc1.O=[PH]([O-])F.O=[PH]([O-])F.O=[PH]([O-])F.O=[PH]([O-])F.O=[PH]([O-])F.O=[PH]([O-])F. The van der Waals surface area contributed by atoms with Gasteiger partial charge in [-0.2, -0.15) is 0 Å². The van der Waals surface area contributed by atoms with Gasteiger partial charge in [-0.1, -0.05) is 218 Å². The molecule has 0 bridgehead atoms. The first-order valence-electron chi connectivity index (χ1n) is 44.8. The van der Waals surface area contributed by atoms with Gasteiger partial charge in [-0.3, -0.25) is 0 Å². The van der Waals surface area contributed by atoms with E-state index < -0.39 is 50.0 Å². The Morgan fingerprint density at radius 1 is 0.133 bits per heavy atom. The maximum Gasteiger partial charge on any atom is 0.169 e. The van der Waals surface area contributed by atoms with E-state index in [1.165, 1.54) is 88.1 Å². The summed E-state index contributed by atoms with van der Waals surface area (Å²) in [5, 5.41) is 0. The molecule has 18 aromatic carbocycles. The second-order valence-corrected chi connectivity index (χ2v) is 44.1. The van der Waals surface area contributed by atoms with Crippen LogP contribution in [0.1, 0.15) is 0 Å². The molecule has 0 amide bonds. The molecule has 0 aliphatic heterocycles. The van der Waals surface area contributed by atoms with E-state index in [9.17, 15) is 25.2 Å². The summed E-state index contributed by atoms with van der Waals surface area (Å²) in [5.41, 5.74) is 0. The zero-order valence-electron chi connectivity index (χ0n) is 81.6. The molecule has 0 fully saturated rings. The standard InChI is InChI=1S/6C19H17OS.6FH2O2P/c6*1-20-16-12-14-19(15-13-16)21(17-8-4-2-5-9-17)18-10-6-3-7-11-18;6*1-4(2)3/h6*2-15H,1H3;6*4H,(H,2,3)/q6*+1;;;;;;/p-6. The third-order valence-corrected chi connectivity index (χ3v) is 32.9. The van der Waals surface area contributed by atoms with Crippen LogP contribution in [0.2, 0.25) is 0 Å². The Labute approximate surface area is 893 Å². The average molecular weight is 2260 g/mol. The first-order chi connectivity index (χ1) is 72.7. The molecule has 0 N–H and O–H groups in total. The van der Waals surface area contributed by atoms with Gasteiger partial charge < -0.3 is 85.2 Å². The van der Waals surface area contributed by atoms with Crippen molar-refractivity contribution in [3.8, 4) is 34.5 Å². The van der Waals surface area contributed by atoms with E-state index in [-0.39, 0.29) is 65.4 Å². The molecule has 0 aliphatic rings. The van der Waals surface area contributed by atoms with Crippen molar-refractivity contribution in [3.05, 3.63) is 510 Å². The van der Waals surface area contributed by atoms with Crippen LogP contribution in [0.3, 0.4) is 0 Å². The van der Waals surface area contributed by atoms with Gasteiger partial charge in [0, 0.05) is 0 Å². The number of halogens is 6. The zero-order chi connectivity index (χ0) is 108. The molecule has 6 unspecified atom stereocenters. The van der Waals surface area contributed by atoms with E-state index in [1.54, 1.807) is 42.7 Å². The summed E-state index contributed by atoms with van der Waals surface area (Å²) in [6.07, 6.45) is 0. The minimum Gasteiger partial charge on any atom is -0.777 e. The van der Waals surface area contributed by atoms with Gasteiger partial charge in [0.25, 0.3) is 0 Å². The van der Waals surface area contributed by atoms with Crippen LogP contribution < -0.4 is 57.8 Å². The molecule has 0 saturated heterocycles. The number of ether oxygens (including phenoxy) is 6. The Hall–Kier alpha value is -12.4. The van der Waals surface area contributed by atoms with E-state index in [2.05, 4.69) is 437 Å². The molecule has 36 heteroatoms. The van der Waals surface area contributed by atoms with Crippen LogP contribution in [0.5, 0.6) is 34.5 Å². The van der Waals surface area contributed by atoms with Crippen LogP contribution in [0.25, 0.3) is 0 Å². The molecule has 0 heterocycles. The Morgan fingerprint density at radius 2 is 0.193 bits per heavy atom. The van der Waals surface area contributed by atoms with Gasteiger partial charge in [0.15, 0.2) is 138 Å². The second-order valence-electron chi connectivity index (χ2n) is 29.1. The lowest BCUT2D eigenvalue weighted by Crippen LogP contribution is -2.04. The van der Waals surface area contributed by atoms with E-state index in [4.69, 9.17) is 85.2 Å². The minimum absolute atomic E-state index is 0.0804. The fourth-order valence-electron chi connectivity index (χ4n) is 13.4. The van der Waals surface area contributed by atoms with Gasteiger partial charge >= 0.3 is 0 Å². The molecule has 150 heavy (non-hydrogen) atoms. The summed E-state index contributed by atoms with van der Waals surface area (Å²) >= 11 is 0. The monoisotopic (exact) mass is 2260 g/mol. The Bertz CT molecular complexity index is 5510. The van der Waals surface area contributed by atoms with Crippen LogP contribution in [-0.2, 0) is 92.8 Å². The maximum atomic E-state index is 9.99. The van der Waals surface area contributed by atoms with Gasteiger partial charge in [-0.05, 0) is 291 Å². The molecule has 6 atom stereocenters. The van der Waals surface area contributed by atoms with Gasteiger partial charge in [0.1, 0.15) is 34.5 Å². The molecule has 0 spiro atoms. The van der Waals surface area contributed by atoms with Crippen LogP contribution in [0, 0.1) is 0 Å². The molecule has 0 aliphatic carbocycles. The van der Waals surface area contributed by atoms with Gasteiger partial charge in [0.05, 0.1) is 108 Å². The predicted octanol–water partition coefficient (Wildman–Crippen LogP) is 27.0. The first kappa shape index (κ1) is 124.